The summed E-state index contributed by atoms with van der Waals surface area (Å²) >= 11 is 0. The molecule has 29 heavy (non-hydrogen) atoms. The number of benzene rings is 2. The van der Waals surface area contributed by atoms with Crippen molar-refractivity contribution in [1.29, 1.82) is 0 Å². The zero-order chi connectivity index (χ0) is 21.0. The summed E-state index contributed by atoms with van der Waals surface area (Å²) in [6, 6.07) is 12.9. The molecule has 156 valence electrons. The highest BCUT2D eigenvalue weighted by Gasteiger charge is 2.30. The fraction of sp³-hybridized carbons (Fsp3) is 0.381. The number of carbonyl (C=O) groups excluding carboxylic acids is 1. The number of hydrogen-bond acceptors (Lipinski definition) is 4. The minimum Gasteiger partial charge on any atom is -0.379 e. The molecule has 8 heteroatoms. The number of ether oxygens (including phenoxy) is 1. The number of morpholine rings is 1. The molecule has 0 aliphatic carbocycles. The van der Waals surface area contributed by atoms with Gasteiger partial charge in [0.25, 0.3) is 5.91 Å². The number of hydrogen-bond donors (Lipinski definition) is 0. The van der Waals surface area contributed by atoms with Gasteiger partial charge in [-0.15, -0.1) is 0 Å². The van der Waals surface area contributed by atoms with E-state index in [-0.39, 0.29) is 43.8 Å². The average Bonchev–Trinajstić information content (AvgIpc) is 2.73. The highest BCUT2D eigenvalue weighted by molar-refractivity contribution is 7.89. The molecule has 6 nitrogen and oxygen atoms in total. The Morgan fingerprint density at radius 1 is 1.14 bits per heavy atom. The van der Waals surface area contributed by atoms with Crippen LogP contribution in [0.25, 0.3) is 0 Å². The third-order valence-corrected chi connectivity index (χ3v) is 6.76. The molecular weight excluding hydrogens is 395 g/mol. The molecule has 0 saturated carbocycles. The Labute approximate surface area is 170 Å². The van der Waals surface area contributed by atoms with Gasteiger partial charge in [0.05, 0.1) is 13.2 Å². The second-order valence-electron chi connectivity index (χ2n) is 7.17. The van der Waals surface area contributed by atoms with Crippen LogP contribution in [-0.4, -0.2) is 55.9 Å². The Bertz CT molecular complexity index is 958. The topological polar surface area (TPSA) is 66.9 Å². The molecule has 2 aromatic carbocycles. The van der Waals surface area contributed by atoms with Crippen LogP contribution < -0.4 is 0 Å². The van der Waals surface area contributed by atoms with Crippen molar-refractivity contribution in [3.8, 4) is 0 Å². The molecule has 0 unspecified atom stereocenters. The first-order valence-corrected chi connectivity index (χ1v) is 11.0. The zero-order valence-corrected chi connectivity index (χ0v) is 17.4. The van der Waals surface area contributed by atoms with Crippen molar-refractivity contribution < 1.29 is 22.3 Å². The lowest BCUT2D eigenvalue weighted by Crippen LogP contribution is -2.41. The number of rotatable bonds is 6. The molecule has 1 amide bonds. The van der Waals surface area contributed by atoms with Crippen molar-refractivity contribution in [1.82, 2.24) is 9.21 Å². The van der Waals surface area contributed by atoms with Crippen molar-refractivity contribution in [2.24, 2.45) is 0 Å². The Balaban J connectivity index is 1.91. The van der Waals surface area contributed by atoms with E-state index < -0.39 is 20.7 Å². The summed E-state index contributed by atoms with van der Waals surface area (Å²) in [7, 11) is -4.05. The maximum atomic E-state index is 14.4. The lowest BCUT2D eigenvalue weighted by Gasteiger charge is -2.28. The van der Waals surface area contributed by atoms with Crippen LogP contribution in [0.3, 0.4) is 0 Å². The van der Waals surface area contributed by atoms with E-state index in [9.17, 15) is 17.6 Å². The lowest BCUT2D eigenvalue weighted by molar-refractivity contribution is 0.0689. The molecular formula is C21H25FN2O4S. The standard InChI is InChI=1S/C21H25FN2O4S/c1-16(2)24(15-17-6-4-3-5-7-17)21(25)18-8-9-19(22)20(14-18)29(26,27)23-10-12-28-13-11-23/h3-9,14,16H,10-13,15H2,1-2H3. The lowest BCUT2D eigenvalue weighted by atomic mass is 10.1. The maximum Gasteiger partial charge on any atom is 0.254 e. The van der Waals surface area contributed by atoms with Crippen LogP contribution in [0.5, 0.6) is 0 Å². The van der Waals surface area contributed by atoms with Crippen LogP contribution in [0.15, 0.2) is 53.4 Å². The molecule has 3 rings (SSSR count). The molecule has 2 aromatic rings. The fourth-order valence-electron chi connectivity index (χ4n) is 3.19. The molecule has 0 aromatic heterocycles. The maximum absolute atomic E-state index is 14.4. The number of halogens is 1. The molecule has 0 bridgehead atoms. The summed E-state index contributed by atoms with van der Waals surface area (Å²) < 4.78 is 46.6. The van der Waals surface area contributed by atoms with E-state index in [1.54, 1.807) is 4.90 Å². The minimum absolute atomic E-state index is 0.118. The SMILES string of the molecule is CC(C)N(Cc1ccccc1)C(=O)c1ccc(F)c(S(=O)(=O)N2CCOCC2)c1. The minimum atomic E-state index is -4.05. The van der Waals surface area contributed by atoms with Crippen LogP contribution in [0, 0.1) is 5.82 Å². The monoisotopic (exact) mass is 420 g/mol. The van der Waals surface area contributed by atoms with Crippen molar-refractivity contribution in [2.45, 2.75) is 31.3 Å². The number of sulfonamides is 1. The quantitative estimate of drug-likeness (QED) is 0.721. The van der Waals surface area contributed by atoms with Gasteiger partial charge >= 0.3 is 0 Å². The molecule has 1 aliphatic heterocycles. The second kappa shape index (κ2) is 9.02. The van der Waals surface area contributed by atoms with Gasteiger partial charge in [0, 0.05) is 31.2 Å². The zero-order valence-electron chi connectivity index (χ0n) is 16.5. The van der Waals surface area contributed by atoms with Crippen molar-refractivity contribution in [3.63, 3.8) is 0 Å². The van der Waals surface area contributed by atoms with Crippen LogP contribution in [0.4, 0.5) is 4.39 Å². The van der Waals surface area contributed by atoms with Crippen LogP contribution in [-0.2, 0) is 21.3 Å². The molecule has 0 N–H and O–H groups in total. The molecule has 1 saturated heterocycles. The van der Waals surface area contributed by atoms with Crippen LogP contribution >= 0.6 is 0 Å². The van der Waals surface area contributed by atoms with Crippen molar-refractivity contribution in [2.75, 3.05) is 26.3 Å². The van der Waals surface area contributed by atoms with Gasteiger partial charge in [-0.2, -0.15) is 4.31 Å². The van der Waals surface area contributed by atoms with Gasteiger partial charge in [-0.25, -0.2) is 12.8 Å². The average molecular weight is 421 g/mol. The molecule has 0 radical (unpaired) electrons. The molecule has 1 heterocycles. The van der Waals surface area contributed by atoms with E-state index in [4.69, 9.17) is 4.74 Å². The highest BCUT2D eigenvalue weighted by Crippen LogP contribution is 2.23. The highest BCUT2D eigenvalue weighted by atomic mass is 32.2. The Hall–Kier alpha value is -2.29. The third kappa shape index (κ3) is 4.83. The van der Waals surface area contributed by atoms with Gasteiger partial charge in [-0.05, 0) is 37.6 Å². The first-order valence-electron chi connectivity index (χ1n) is 9.53. The summed E-state index contributed by atoms with van der Waals surface area (Å²) in [6.45, 7) is 4.99. The van der Waals surface area contributed by atoms with Gasteiger partial charge in [-0.1, -0.05) is 30.3 Å². The molecule has 1 fully saturated rings. The van der Waals surface area contributed by atoms with Gasteiger partial charge in [-0.3, -0.25) is 4.79 Å². The normalized spacial score (nSPS) is 15.4. The Morgan fingerprint density at radius 2 is 1.79 bits per heavy atom. The van der Waals surface area contributed by atoms with E-state index in [1.165, 1.54) is 10.4 Å². The number of carbonyl (C=O) groups is 1. The number of amides is 1. The molecule has 0 atom stereocenters. The second-order valence-corrected chi connectivity index (χ2v) is 9.08. The predicted octanol–water partition coefficient (Wildman–Crippen LogP) is 2.90. The van der Waals surface area contributed by atoms with Gasteiger partial charge in [0.15, 0.2) is 0 Å². The van der Waals surface area contributed by atoms with Gasteiger partial charge in [0.1, 0.15) is 10.7 Å². The summed E-state index contributed by atoms with van der Waals surface area (Å²) in [5.74, 6) is -1.21. The summed E-state index contributed by atoms with van der Waals surface area (Å²) in [5, 5.41) is 0. The van der Waals surface area contributed by atoms with Crippen molar-refractivity contribution >= 4 is 15.9 Å². The van der Waals surface area contributed by atoms with E-state index in [0.717, 1.165) is 17.7 Å². The summed E-state index contributed by atoms with van der Waals surface area (Å²) in [4.78, 5) is 14.3. The Morgan fingerprint density at radius 3 is 2.41 bits per heavy atom. The predicted molar refractivity (Wildman–Crippen MR) is 107 cm³/mol. The number of nitrogens with zero attached hydrogens (tertiary/aromatic N) is 2. The van der Waals surface area contributed by atoms with E-state index >= 15 is 0 Å². The van der Waals surface area contributed by atoms with Crippen LogP contribution in [0.2, 0.25) is 0 Å². The first kappa shape index (κ1) is 21.4. The van der Waals surface area contributed by atoms with Gasteiger partial charge in [0.2, 0.25) is 10.0 Å². The first-order chi connectivity index (χ1) is 13.8. The van der Waals surface area contributed by atoms with Crippen molar-refractivity contribution in [3.05, 3.63) is 65.5 Å². The molecule has 1 aliphatic rings. The van der Waals surface area contributed by atoms with E-state index in [1.807, 2.05) is 44.2 Å². The van der Waals surface area contributed by atoms with E-state index in [0.29, 0.717) is 6.54 Å². The summed E-state index contributed by atoms with van der Waals surface area (Å²) in [6.07, 6.45) is 0. The smallest absolute Gasteiger partial charge is 0.254 e. The Kier molecular flexibility index (Phi) is 6.66. The fourth-order valence-corrected chi connectivity index (χ4v) is 4.69. The van der Waals surface area contributed by atoms with E-state index in [2.05, 4.69) is 0 Å². The molecule has 0 spiro atoms. The van der Waals surface area contributed by atoms with Gasteiger partial charge < -0.3 is 9.64 Å². The largest absolute Gasteiger partial charge is 0.379 e. The van der Waals surface area contributed by atoms with Crippen LogP contribution in [0.1, 0.15) is 29.8 Å². The third-order valence-electron chi connectivity index (χ3n) is 4.85. The summed E-state index contributed by atoms with van der Waals surface area (Å²) in [5.41, 5.74) is 1.10.